The summed E-state index contributed by atoms with van der Waals surface area (Å²) in [5.74, 6) is -0.239. The molecule has 1 saturated heterocycles. The summed E-state index contributed by atoms with van der Waals surface area (Å²) in [6, 6.07) is 7.25. The molecule has 146 valence electrons. The van der Waals surface area contributed by atoms with Crippen LogP contribution in [-0.4, -0.2) is 53.1 Å². The fraction of sp³-hybridized carbons (Fsp3) is 0.222. The Labute approximate surface area is 171 Å². The van der Waals surface area contributed by atoms with Gasteiger partial charge in [0, 0.05) is 46.7 Å². The highest BCUT2D eigenvalue weighted by Crippen LogP contribution is 2.23. The molecule has 0 aliphatic carbocycles. The number of sulfonamides is 1. The highest BCUT2D eigenvalue weighted by atomic mass is 35.5. The predicted molar refractivity (Wildman–Crippen MR) is 110 cm³/mol. The second-order valence-corrected chi connectivity index (χ2v) is 9.90. The molecule has 1 fully saturated rings. The van der Waals surface area contributed by atoms with Crippen molar-refractivity contribution in [3.8, 4) is 0 Å². The van der Waals surface area contributed by atoms with Gasteiger partial charge < -0.3 is 9.88 Å². The van der Waals surface area contributed by atoms with Crippen molar-refractivity contribution in [2.45, 2.75) is 6.54 Å². The van der Waals surface area contributed by atoms with Crippen LogP contribution in [0.5, 0.6) is 0 Å². The van der Waals surface area contributed by atoms with Crippen molar-refractivity contribution in [1.82, 2.24) is 19.2 Å². The number of pyridine rings is 1. The van der Waals surface area contributed by atoms with E-state index >= 15 is 0 Å². The number of aromatic amines is 1. The van der Waals surface area contributed by atoms with Crippen LogP contribution in [0.25, 0.3) is 17.0 Å². The molecule has 10 heteroatoms. The van der Waals surface area contributed by atoms with Gasteiger partial charge in [-0.15, -0.1) is 11.3 Å². The van der Waals surface area contributed by atoms with Gasteiger partial charge in [-0.25, -0.2) is 8.42 Å². The van der Waals surface area contributed by atoms with Crippen LogP contribution < -0.4 is 0 Å². The van der Waals surface area contributed by atoms with E-state index in [1.165, 1.54) is 21.7 Å². The highest BCUT2D eigenvalue weighted by Gasteiger charge is 2.30. The maximum atomic E-state index is 12.6. The number of fused-ring (bicyclic) bond motifs is 1. The molecule has 4 heterocycles. The topological polar surface area (TPSA) is 86.4 Å². The number of halogens is 1. The Morgan fingerprint density at radius 3 is 2.86 bits per heavy atom. The number of H-pyrrole nitrogens is 1. The van der Waals surface area contributed by atoms with E-state index < -0.39 is 10.0 Å². The van der Waals surface area contributed by atoms with Crippen molar-refractivity contribution in [3.05, 3.63) is 57.0 Å². The van der Waals surface area contributed by atoms with E-state index in [-0.39, 0.29) is 19.0 Å². The zero-order chi connectivity index (χ0) is 19.7. The number of rotatable bonds is 5. The first-order valence-corrected chi connectivity index (χ1v) is 11.2. The highest BCUT2D eigenvalue weighted by molar-refractivity contribution is 7.92. The normalized spacial score (nSPS) is 16.5. The molecule has 0 unspecified atom stereocenters. The summed E-state index contributed by atoms with van der Waals surface area (Å²) < 4.78 is 26.9. The van der Waals surface area contributed by atoms with Crippen molar-refractivity contribution in [3.63, 3.8) is 0 Å². The number of hydrogen-bond donors (Lipinski definition) is 1. The third kappa shape index (κ3) is 3.97. The molecule has 3 aromatic heterocycles. The van der Waals surface area contributed by atoms with Gasteiger partial charge >= 0.3 is 0 Å². The molecule has 0 saturated carbocycles. The number of nitrogens with zero attached hydrogens (tertiary/aromatic N) is 3. The average molecular weight is 437 g/mol. The quantitative estimate of drug-likeness (QED) is 0.666. The summed E-state index contributed by atoms with van der Waals surface area (Å²) in [6.07, 6.45) is 5.02. The molecule has 0 radical (unpaired) electrons. The Kier molecular flexibility index (Phi) is 5.24. The molecule has 4 rings (SSSR count). The van der Waals surface area contributed by atoms with Crippen LogP contribution in [0.2, 0.25) is 4.34 Å². The average Bonchev–Trinajstić information content (AvgIpc) is 3.31. The molecule has 1 aliphatic rings. The molecule has 28 heavy (non-hydrogen) atoms. The smallest absolute Gasteiger partial charge is 0.238 e. The van der Waals surface area contributed by atoms with Gasteiger partial charge in [0.1, 0.15) is 0 Å². The second-order valence-electron chi connectivity index (χ2n) is 6.33. The van der Waals surface area contributed by atoms with E-state index in [4.69, 9.17) is 11.6 Å². The lowest BCUT2D eigenvalue weighted by Crippen LogP contribution is -2.51. The Hall–Kier alpha value is -2.20. The van der Waals surface area contributed by atoms with Gasteiger partial charge in [0.05, 0.1) is 23.1 Å². The Balaban J connectivity index is 1.44. The summed E-state index contributed by atoms with van der Waals surface area (Å²) in [5, 5.41) is 2.09. The number of aromatic nitrogens is 2. The minimum absolute atomic E-state index is 0.180. The standard InChI is InChI=1S/C18H17ClN4O3S2/c19-17-2-1-13(27-17)5-10-28(25,26)23-9-8-22(18(24)12-23)11-16-14-3-6-20-15(14)4-7-21-16/h1-7,10,20H,8-9,11-12H2. The Bertz CT molecular complexity index is 1150. The van der Waals surface area contributed by atoms with Crippen molar-refractivity contribution >= 4 is 55.8 Å². The van der Waals surface area contributed by atoms with Gasteiger partial charge in [-0.1, -0.05) is 11.6 Å². The molecule has 1 aliphatic heterocycles. The van der Waals surface area contributed by atoms with Crippen molar-refractivity contribution in [2.24, 2.45) is 0 Å². The lowest BCUT2D eigenvalue weighted by Gasteiger charge is -2.32. The van der Waals surface area contributed by atoms with Crippen LogP contribution in [0, 0.1) is 0 Å². The van der Waals surface area contributed by atoms with Gasteiger partial charge in [0.15, 0.2) is 0 Å². The Morgan fingerprint density at radius 2 is 2.11 bits per heavy atom. The van der Waals surface area contributed by atoms with Gasteiger partial charge in [0.25, 0.3) is 0 Å². The molecular formula is C18H17ClN4O3S2. The van der Waals surface area contributed by atoms with Crippen LogP contribution in [0.1, 0.15) is 10.6 Å². The molecule has 3 aromatic rings. The van der Waals surface area contributed by atoms with E-state index in [1.54, 1.807) is 23.2 Å². The second kappa shape index (κ2) is 7.67. The minimum Gasteiger partial charge on any atom is -0.361 e. The van der Waals surface area contributed by atoms with Crippen LogP contribution in [0.3, 0.4) is 0 Å². The first kappa shape index (κ1) is 19.1. The maximum Gasteiger partial charge on any atom is 0.238 e. The molecule has 0 spiro atoms. The third-order valence-electron chi connectivity index (χ3n) is 4.54. The van der Waals surface area contributed by atoms with E-state index in [0.29, 0.717) is 17.4 Å². The number of piperazine rings is 1. The number of amides is 1. The summed E-state index contributed by atoms with van der Waals surface area (Å²) in [7, 11) is -3.68. The van der Waals surface area contributed by atoms with E-state index in [2.05, 4.69) is 9.97 Å². The molecule has 7 nitrogen and oxygen atoms in total. The van der Waals surface area contributed by atoms with E-state index in [9.17, 15) is 13.2 Å². The predicted octanol–water partition coefficient (Wildman–Crippen LogP) is 2.92. The molecule has 0 aromatic carbocycles. The number of nitrogens with one attached hydrogen (secondary N) is 1. The maximum absolute atomic E-state index is 12.6. The van der Waals surface area contributed by atoms with Gasteiger partial charge in [0.2, 0.25) is 15.9 Å². The van der Waals surface area contributed by atoms with E-state index in [1.807, 2.05) is 18.3 Å². The summed E-state index contributed by atoms with van der Waals surface area (Å²) in [6.45, 7) is 0.735. The first-order valence-electron chi connectivity index (χ1n) is 8.55. The fourth-order valence-corrected chi connectivity index (χ4v) is 5.25. The SMILES string of the molecule is O=C1CN(S(=O)(=O)C=Cc2ccc(Cl)s2)CCN1Cc1nccc2[nH]ccc12. The van der Waals surface area contributed by atoms with Crippen LogP contribution in [-0.2, 0) is 21.4 Å². The Morgan fingerprint density at radius 1 is 1.25 bits per heavy atom. The summed E-state index contributed by atoms with van der Waals surface area (Å²) in [5.41, 5.74) is 1.75. The molecule has 1 N–H and O–H groups in total. The number of hydrogen-bond acceptors (Lipinski definition) is 5. The van der Waals surface area contributed by atoms with Gasteiger partial charge in [-0.3, -0.25) is 9.78 Å². The summed E-state index contributed by atoms with van der Waals surface area (Å²) >= 11 is 7.15. The van der Waals surface area contributed by atoms with Crippen molar-refractivity contribution in [1.29, 1.82) is 0 Å². The molecular weight excluding hydrogens is 420 g/mol. The monoisotopic (exact) mass is 436 g/mol. The van der Waals surface area contributed by atoms with Crippen LogP contribution >= 0.6 is 22.9 Å². The third-order valence-corrected chi connectivity index (χ3v) is 7.25. The lowest BCUT2D eigenvalue weighted by atomic mass is 10.2. The largest absolute Gasteiger partial charge is 0.361 e. The fourth-order valence-electron chi connectivity index (χ4n) is 3.08. The number of thiophene rings is 1. The van der Waals surface area contributed by atoms with Gasteiger partial charge in [-0.2, -0.15) is 4.31 Å². The number of carbonyl (C=O) groups excluding carboxylic acids is 1. The first-order chi connectivity index (χ1) is 13.4. The van der Waals surface area contributed by atoms with Crippen LogP contribution in [0.15, 0.2) is 42.1 Å². The minimum atomic E-state index is -3.68. The molecule has 1 amide bonds. The zero-order valence-electron chi connectivity index (χ0n) is 14.7. The lowest BCUT2D eigenvalue weighted by molar-refractivity contribution is -0.134. The van der Waals surface area contributed by atoms with Crippen molar-refractivity contribution in [2.75, 3.05) is 19.6 Å². The molecule has 0 bridgehead atoms. The van der Waals surface area contributed by atoms with Gasteiger partial charge in [-0.05, 0) is 30.3 Å². The zero-order valence-corrected chi connectivity index (χ0v) is 17.1. The summed E-state index contributed by atoms with van der Waals surface area (Å²) in [4.78, 5) is 22.4. The number of carbonyl (C=O) groups is 1. The van der Waals surface area contributed by atoms with Crippen molar-refractivity contribution < 1.29 is 13.2 Å². The van der Waals surface area contributed by atoms with E-state index in [0.717, 1.165) is 26.9 Å². The van der Waals surface area contributed by atoms with Crippen LogP contribution in [0.4, 0.5) is 0 Å². The molecule has 0 atom stereocenters.